The van der Waals surface area contributed by atoms with Crippen LogP contribution in [0.2, 0.25) is 0 Å². The van der Waals surface area contributed by atoms with Crippen molar-refractivity contribution in [3.05, 3.63) is 28.2 Å². The molecule has 0 fully saturated rings. The van der Waals surface area contributed by atoms with Gasteiger partial charge >= 0.3 is 0 Å². The fourth-order valence-electron chi connectivity index (χ4n) is 0.937. The average Bonchev–Trinajstić information content (AvgIpc) is 2.10. The predicted molar refractivity (Wildman–Crippen MR) is 54.7 cm³/mol. The van der Waals surface area contributed by atoms with Gasteiger partial charge in [-0.05, 0) is 46.6 Å². The SMILES string of the molecule is CCOc1ccc(C=NO)cc1Br. The van der Waals surface area contributed by atoms with Gasteiger partial charge in [-0.2, -0.15) is 0 Å². The van der Waals surface area contributed by atoms with E-state index in [0.29, 0.717) is 6.61 Å². The van der Waals surface area contributed by atoms with Crippen molar-refractivity contribution >= 4 is 22.1 Å². The zero-order valence-electron chi connectivity index (χ0n) is 7.20. The van der Waals surface area contributed by atoms with Gasteiger partial charge in [0.15, 0.2) is 0 Å². The second-order valence-corrected chi connectivity index (χ2v) is 3.22. The number of ether oxygens (including phenoxy) is 1. The molecule has 70 valence electrons. The van der Waals surface area contributed by atoms with Crippen LogP contribution in [0.3, 0.4) is 0 Å². The minimum absolute atomic E-state index is 0.631. The molecule has 1 aromatic rings. The Kier molecular flexibility index (Phi) is 3.76. The van der Waals surface area contributed by atoms with Crippen LogP contribution < -0.4 is 4.74 Å². The summed E-state index contributed by atoms with van der Waals surface area (Å²) in [6, 6.07) is 5.46. The fraction of sp³-hybridized carbons (Fsp3) is 0.222. The van der Waals surface area contributed by atoms with Crippen LogP contribution in [-0.4, -0.2) is 18.0 Å². The van der Waals surface area contributed by atoms with Crippen molar-refractivity contribution in [1.82, 2.24) is 0 Å². The number of rotatable bonds is 3. The van der Waals surface area contributed by atoms with Crippen LogP contribution in [0.25, 0.3) is 0 Å². The summed E-state index contributed by atoms with van der Waals surface area (Å²) in [5, 5.41) is 11.2. The van der Waals surface area contributed by atoms with E-state index in [1.807, 2.05) is 25.1 Å². The van der Waals surface area contributed by atoms with E-state index in [0.717, 1.165) is 15.8 Å². The zero-order valence-corrected chi connectivity index (χ0v) is 8.78. The second kappa shape index (κ2) is 4.87. The van der Waals surface area contributed by atoms with E-state index in [4.69, 9.17) is 9.94 Å². The largest absolute Gasteiger partial charge is 0.493 e. The fourth-order valence-corrected chi connectivity index (χ4v) is 1.45. The molecule has 0 saturated carbocycles. The minimum Gasteiger partial charge on any atom is -0.493 e. The Balaban J connectivity index is 2.91. The first-order chi connectivity index (χ1) is 6.27. The number of halogens is 1. The van der Waals surface area contributed by atoms with Gasteiger partial charge in [-0.15, -0.1) is 0 Å². The standard InChI is InChI=1S/C9H10BrNO2/c1-2-13-9-4-3-7(6-11-12)5-8(9)10/h3-6,12H,2H2,1H3. The molecular weight excluding hydrogens is 234 g/mol. The Bertz CT molecular complexity index is 312. The van der Waals surface area contributed by atoms with Gasteiger partial charge in [-0.1, -0.05) is 5.16 Å². The molecule has 1 N–H and O–H groups in total. The molecular formula is C9H10BrNO2. The molecule has 3 nitrogen and oxygen atoms in total. The molecule has 0 aromatic heterocycles. The van der Waals surface area contributed by atoms with Crippen LogP contribution in [0, 0.1) is 0 Å². The third-order valence-corrected chi connectivity index (χ3v) is 2.08. The van der Waals surface area contributed by atoms with Crippen molar-refractivity contribution in [3.8, 4) is 5.75 Å². The quantitative estimate of drug-likeness (QED) is 0.504. The number of oxime groups is 1. The molecule has 0 spiro atoms. The van der Waals surface area contributed by atoms with E-state index in [2.05, 4.69) is 21.1 Å². The Morgan fingerprint density at radius 3 is 2.92 bits per heavy atom. The molecule has 0 unspecified atom stereocenters. The maximum absolute atomic E-state index is 8.31. The first kappa shape index (κ1) is 10.1. The smallest absolute Gasteiger partial charge is 0.133 e. The number of hydrogen-bond donors (Lipinski definition) is 1. The van der Waals surface area contributed by atoms with Gasteiger partial charge in [0.1, 0.15) is 5.75 Å². The predicted octanol–water partition coefficient (Wildman–Crippen LogP) is 2.66. The van der Waals surface area contributed by atoms with Crippen molar-refractivity contribution in [1.29, 1.82) is 0 Å². The Hall–Kier alpha value is -1.03. The third kappa shape index (κ3) is 2.73. The topological polar surface area (TPSA) is 41.8 Å². The maximum Gasteiger partial charge on any atom is 0.133 e. The van der Waals surface area contributed by atoms with Gasteiger partial charge < -0.3 is 9.94 Å². The lowest BCUT2D eigenvalue weighted by Crippen LogP contribution is -1.93. The molecule has 1 rings (SSSR count). The summed E-state index contributed by atoms with van der Waals surface area (Å²) in [4.78, 5) is 0. The highest BCUT2D eigenvalue weighted by atomic mass is 79.9. The van der Waals surface area contributed by atoms with E-state index in [9.17, 15) is 0 Å². The van der Waals surface area contributed by atoms with E-state index >= 15 is 0 Å². The highest BCUT2D eigenvalue weighted by Gasteiger charge is 2.00. The van der Waals surface area contributed by atoms with E-state index in [-0.39, 0.29) is 0 Å². The highest BCUT2D eigenvalue weighted by Crippen LogP contribution is 2.25. The maximum atomic E-state index is 8.31. The monoisotopic (exact) mass is 243 g/mol. The highest BCUT2D eigenvalue weighted by molar-refractivity contribution is 9.10. The van der Waals surface area contributed by atoms with Gasteiger partial charge in [0.25, 0.3) is 0 Å². The second-order valence-electron chi connectivity index (χ2n) is 2.37. The van der Waals surface area contributed by atoms with Crippen molar-refractivity contribution in [2.24, 2.45) is 5.16 Å². The third-order valence-electron chi connectivity index (χ3n) is 1.46. The summed E-state index contributed by atoms with van der Waals surface area (Å²) in [6.07, 6.45) is 1.36. The van der Waals surface area contributed by atoms with Gasteiger partial charge in [0.2, 0.25) is 0 Å². The molecule has 4 heteroatoms. The van der Waals surface area contributed by atoms with Crippen LogP contribution in [0.4, 0.5) is 0 Å². The van der Waals surface area contributed by atoms with Crippen LogP contribution in [0.5, 0.6) is 5.75 Å². The lowest BCUT2D eigenvalue weighted by atomic mass is 10.2. The van der Waals surface area contributed by atoms with Gasteiger partial charge in [0.05, 0.1) is 17.3 Å². The van der Waals surface area contributed by atoms with E-state index < -0.39 is 0 Å². The van der Waals surface area contributed by atoms with Crippen LogP contribution in [0.15, 0.2) is 27.8 Å². The average molecular weight is 244 g/mol. The van der Waals surface area contributed by atoms with Crippen molar-refractivity contribution in [2.45, 2.75) is 6.92 Å². The van der Waals surface area contributed by atoms with Crippen LogP contribution in [0.1, 0.15) is 12.5 Å². The Labute approximate surface area is 85.2 Å². The van der Waals surface area contributed by atoms with Gasteiger partial charge in [0, 0.05) is 0 Å². The zero-order chi connectivity index (χ0) is 9.68. The molecule has 0 radical (unpaired) electrons. The molecule has 0 aliphatic rings. The molecule has 0 aliphatic heterocycles. The molecule has 0 saturated heterocycles. The molecule has 1 aromatic carbocycles. The molecule has 0 atom stereocenters. The lowest BCUT2D eigenvalue weighted by molar-refractivity contribution is 0.321. The van der Waals surface area contributed by atoms with Crippen molar-refractivity contribution in [3.63, 3.8) is 0 Å². The Morgan fingerprint density at radius 2 is 2.38 bits per heavy atom. The molecule has 0 aliphatic carbocycles. The number of hydrogen-bond acceptors (Lipinski definition) is 3. The summed E-state index contributed by atoms with van der Waals surface area (Å²) < 4.78 is 6.17. The van der Waals surface area contributed by atoms with Gasteiger partial charge in [-0.25, -0.2) is 0 Å². The van der Waals surface area contributed by atoms with Gasteiger partial charge in [-0.3, -0.25) is 0 Å². The summed E-state index contributed by atoms with van der Waals surface area (Å²) in [5.74, 6) is 0.789. The van der Waals surface area contributed by atoms with E-state index in [1.54, 1.807) is 0 Å². The molecule has 0 amide bonds. The minimum atomic E-state index is 0.631. The summed E-state index contributed by atoms with van der Waals surface area (Å²) >= 11 is 3.35. The first-order valence-electron chi connectivity index (χ1n) is 3.87. The summed E-state index contributed by atoms with van der Waals surface area (Å²) in [6.45, 7) is 2.56. The number of nitrogens with zero attached hydrogens (tertiary/aromatic N) is 1. The molecule has 13 heavy (non-hydrogen) atoms. The summed E-state index contributed by atoms with van der Waals surface area (Å²) in [5.41, 5.74) is 0.817. The molecule has 0 bridgehead atoms. The van der Waals surface area contributed by atoms with E-state index in [1.165, 1.54) is 6.21 Å². The normalized spacial score (nSPS) is 10.6. The first-order valence-corrected chi connectivity index (χ1v) is 4.67. The van der Waals surface area contributed by atoms with Crippen LogP contribution in [-0.2, 0) is 0 Å². The lowest BCUT2D eigenvalue weighted by Gasteiger charge is -2.05. The van der Waals surface area contributed by atoms with Crippen LogP contribution >= 0.6 is 15.9 Å². The van der Waals surface area contributed by atoms with Crippen molar-refractivity contribution < 1.29 is 9.94 Å². The molecule has 0 heterocycles. The number of benzene rings is 1. The van der Waals surface area contributed by atoms with Crippen molar-refractivity contribution in [2.75, 3.05) is 6.61 Å². The Morgan fingerprint density at radius 1 is 1.62 bits per heavy atom. The summed E-state index contributed by atoms with van der Waals surface area (Å²) in [7, 11) is 0.